The van der Waals surface area contributed by atoms with Crippen molar-refractivity contribution in [2.45, 2.75) is 13.5 Å². The molecule has 2 N–H and O–H groups in total. The van der Waals surface area contributed by atoms with Crippen LogP contribution in [0.4, 0.5) is 0 Å². The van der Waals surface area contributed by atoms with Gasteiger partial charge in [-0.15, -0.1) is 11.3 Å². The third kappa shape index (κ3) is 4.06. The molecule has 2 aliphatic heterocycles. The van der Waals surface area contributed by atoms with E-state index in [-0.39, 0.29) is 24.4 Å². The van der Waals surface area contributed by atoms with Crippen LogP contribution in [-0.2, 0) is 20.9 Å². The van der Waals surface area contributed by atoms with Gasteiger partial charge in [0.25, 0.3) is 11.8 Å². The molecule has 0 aliphatic carbocycles. The van der Waals surface area contributed by atoms with Gasteiger partial charge in [-0.25, -0.2) is 0 Å². The molecule has 0 spiro atoms. The van der Waals surface area contributed by atoms with Gasteiger partial charge in [-0.05, 0) is 53.7 Å². The summed E-state index contributed by atoms with van der Waals surface area (Å²) in [5, 5.41) is 5.67. The summed E-state index contributed by atoms with van der Waals surface area (Å²) >= 11 is 6.48. The Hall–Kier alpha value is -3.04. The molecule has 4 rings (SSSR count). The molecule has 9 heteroatoms. The average molecular weight is 428 g/mol. The van der Waals surface area contributed by atoms with E-state index in [0.29, 0.717) is 29.5 Å². The highest BCUT2D eigenvalue weighted by atomic mass is 32.1. The fourth-order valence-electron chi connectivity index (χ4n) is 3.22. The predicted molar refractivity (Wildman–Crippen MR) is 113 cm³/mol. The van der Waals surface area contributed by atoms with Crippen LogP contribution >= 0.6 is 23.6 Å². The van der Waals surface area contributed by atoms with Gasteiger partial charge in [0.05, 0.1) is 6.54 Å². The third-order valence-corrected chi connectivity index (χ3v) is 5.85. The van der Waals surface area contributed by atoms with Crippen molar-refractivity contribution in [2.75, 3.05) is 13.2 Å². The molecule has 2 amide bonds. The highest BCUT2D eigenvalue weighted by Gasteiger charge is 2.27. The summed E-state index contributed by atoms with van der Waals surface area (Å²) in [5.41, 5.74) is 3.06. The highest BCUT2D eigenvalue weighted by molar-refractivity contribution is 7.80. The van der Waals surface area contributed by atoms with E-state index < -0.39 is 0 Å². The number of nitrogens with one attached hydrogen (secondary N) is 2. The molecule has 1 aromatic heterocycles. The molecule has 1 aromatic carbocycles. The van der Waals surface area contributed by atoms with Gasteiger partial charge < -0.3 is 15.0 Å². The number of carbonyl (C=O) groups is 3. The number of ether oxygens (including phenoxy) is 1. The number of benzene rings is 1. The van der Waals surface area contributed by atoms with Crippen LogP contribution in [0.25, 0.3) is 16.5 Å². The van der Waals surface area contributed by atoms with Crippen molar-refractivity contribution >= 4 is 52.5 Å². The Balaban J connectivity index is 1.50. The van der Waals surface area contributed by atoms with Gasteiger partial charge >= 0.3 is 5.97 Å². The number of hydrogen-bond acceptors (Lipinski definition) is 6. The lowest BCUT2D eigenvalue weighted by molar-refractivity contribution is -0.141. The lowest BCUT2D eigenvalue weighted by atomic mass is 10.1. The maximum atomic E-state index is 12.5. The minimum Gasteiger partial charge on any atom is -0.464 e. The molecule has 0 bridgehead atoms. The standard InChI is InChI=1S/C20H17N3O4S2/c1-11(24)27-7-6-23-10-13-8-12(2-4-15(13)19(23)26)17-5-3-14(29-17)9-16-18(25)22-20(28)21-16/h2-5,8-9H,6-7,10H2,1H3,(H2,21,22,25,28)/b16-9-. The Labute approximate surface area is 176 Å². The number of esters is 1. The Kier molecular flexibility index (Phi) is 5.16. The number of amides is 2. The molecule has 2 aliphatic rings. The maximum absolute atomic E-state index is 12.5. The number of carbonyl (C=O) groups excluding carboxylic acids is 3. The van der Waals surface area contributed by atoms with Gasteiger partial charge in [0.15, 0.2) is 5.11 Å². The maximum Gasteiger partial charge on any atom is 0.302 e. The monoisotopic (exact) mass is 427 g/mol. The van der Waals surface area contributed by atoms with E-state index in [9.17, 15) is 14.4 Å². The van der Waals surface area contributed by atoms with Crippen molar-refractivity contribution in [1.29, 1.82) is 0 Å². The molecule has 0 radical (unpaired) electrons. The largest absolute Gasteiger partial charge is 0.464 e. The molecule has 29 heavy (non-hydrogen) atoms. The van der Waals surface area contributed by atoms with Crippen molar-refractivity contribution in [1.82, 2.24) is 15.5 Å². The molecular weight excluding hydrogens is 410 g/mol. The zero-order valence-corrected chi connectivity index (χ0v) is 17.1. The van der Waals surface area contributed by atoms with Gasteiger partial charge in [-0.3, -0.25) is 19.7 Å². The van der Waals surface area contributed by atoms with E-state index in [1.54, 1.807) is 22.3 Å². The first-order valence-corrected chi connectivity index (χ1v) is 10.1. The normalized spacial score (nSPS) is 16.8. The highest BCUT2D eigenvalue weighted by Crippen LogP contribution is 2.33. The number of nitrogens with zero attached hydrogens (tertiary/aromatic N) is 1. The first-order valence-electron chi connectivity index (χ1n) is 8.90. The van der Waals surface area contributed by atoms with Crippen LogP contribution in [0.1, 0.15) is 27.7 Å². The van der Waals surface area contributed by atoms with Crippen LogP contribution in [0, 0.1) is 0 Å². The van der Waals surface area contributed by atoms with Crippen LogP contribution in [0.2, 0.25) is 0 Å². The number of hydrogen-bond donors (Lipinski definition) is 2. The van der Waals surface area contributed by atoms with Crippen LogP contribution < -0.4 is 10.6 Å². The van der Waals surface area contributed by atoms with Crippen LogP contribution in [-0.4, -0.2) is 40.9 Å². The van der Waals surface area contributed by atoms with Crippen molar-refractivity contribution in [2.24, 2.45) is 0 Å². The second kappa shape index (κ2) is 7.76. The smallest absolute Gasteiger partial charge is 0.302 e. The predicted octanol–water partition coefficient (Wildman–Crippen LogP) is 2.28. The van der Waals surface area contributed by atoms with Crippen LogP contribution in [0.3, 0.4) is 0 Å². The molecule has 148 valence electrons. The van der Waals surface area contributed by atoms with Gasteiger partial charge in [-0.1, -0.05) is 6.07 Å². The Morgan fingerprint density at radius 2 is 2.10 bits per heavy atom. The summed E-state index contributed by atoms with van der Waals surface area (Å²) in [7, 11) is 0. The van der Waals surface area contributed by atoms with Gasteiger partial charge in [0, 0.05) is 28.8 Å². The molecule has 1 saturated heterocycles. The van der Waals surface area contributed by atoms with Crippen molar-refractivity contribution in [3.8, 4) is 10.4 Å². The molecule has 0 saturated carbocycles. The topological polar surface area (TPSA) is 87.7 Å². The van der Waals surface area contributed by atoms with E-state index in [4.69, 9.17) is 17.0 Å². The summed E-state index contributed by atoms with van der Waals surface area (Å²) in [6.45, 7) is 2.40. The Morgan fingerprint density at radius 3 is 2.83 bits per heavy atom. The SMILES string of the molecule is CC(=O)OCCN1Cc2cc(-c3ccc(/C=C4\NC(=S)NC4=O)s3)ccc2C1=O. The summed E-state index contributed by atoms with van der Waals surface area (Å²) in [6, 6.07) is 9.69. The Bertz CT molecular complexity index is 1070. The molecular formula is C20H17N3O4S2. The lowest BCUT2D eigenvalue weighted by Gasteiger charge is -2.14. The van der Waals surface area contributed by atoms with Gasteiger partial charge in [0.1, 0.15) is 12.3 Å². The minimum atomic E-state index is -0.355. The number of thiophene rings is 1. The lowest BCUT2D eigenvalue weighted by Crippen LogP contribution is -2.28. The fraction of sp³-hybridized carbons (Fsp3) is 0.200. The zero-order chi connectivity index (χ0) is 20.5. The molecule has 1 fully saturated rings. The molecule has 3 heterocycles. The summed E-state index contributed by atoms with van der Waals surface area (Å²) < 4.78 is 4.94. The molecule has 2 aromatic rings. The number of fused-ring (bicyclic) bond motifs is 1. The van der Waals surface area contributed by atoms with Gasteiger partial charge in [-0.2, -0.15) is 0 Å². The van der Waals surface area contributed by atoms with Crippen molar-refractivity contribution in [3.05, 3.63) is 52.0 Å². The summed E-state index contributed by atoms with van der Waals surface area (Å²) in [5.74, 6) is -0.647. The Morgan fingerprint density at radius 1 is 1.28 bits per heavy atom. The zero-order valence-electron chi connectivity index (χ0n) is 15.5. The minimum absolute atomic E-state index is 0.0513. The van der Waals surface area contributed by atoms with E-state index in [2.05, 4.69) is 10.6 Å². The quantitative estimate of drug-likeness (QED) is 0.433. The van der Waals surface area contributed by atoms with E-state index in [0.717, 1.165) is 20.9 Å². The fourth-order valence-corrected chi connectivity index (χ4v) is 4.37. The van der Waals surface area contributed by atoms with Crippen molar-refractivity contribution < 1.29 is 19.1 Å². The van der Waals surface area contributed by atoms with E-state index in [1.165, 1.54) is 6.92 Å². The number of thiocarbonyl (C=S) groups is 1. The molecule has 7 nitrogen and oxygen atoms in total. The first kappa shape index (κ1) is 19.3. The summed E-state index contributed by atoms with van der Waals surface area (Å²) in [6.07, 6.45) is 1.76. The summed E-state index contributed by atoms with van der Waals surface area (Å²) in [4.78, 5) is 38.8. The number of rotatable bonds is 5. The molecule has 0 unspecified atom stereocenters. The second-order valence-electron chi connectivity index (χ2n) is 6.61. The average Bonchev–Trinajstić information content (AvgIpc) is 3.34. The van der Waals surface area contributed by atoms with E-state index in [1.807, 2.05) is 30.3 Å². The second-order valence-corrected chi connectivity index (χ2v) is 8.13. The van der Waals surface area contributed by atoms with E-state index >= 15 is 0 Å². The third-order valence-electron chi connectivity index (χ3n) is 4.57. The first-order chi connectivity index (χ1) is 13.9. The van der Waals surface area contributed by atoms with Crippen LogP contribution in [0.15, 0.2) is 36.0 Å². The van der Waals surface area contributed by atoms with Crippen molar-refractivity contribution in [3.63, 3.8) is 0 Å². The molecule has 0 atom stereocenters. The van der Waals surface area contributed by atoms with Gasteiger partial charge in [0.2, 0.25) is 0 Å². The van der Waals surface area contributed by atoms with Crippen LogP contribution in [0.5, 0.6) is 0 Å².